The van der Waals surface area contributed by atoms with Crippen LogP contribution in [0.25, 0.3) is 0 Å². The molecule has 0 bridgehead atoms. The molecule has 0 aromatic carbocycles. The van der Waals surface area contributed by atoms with Crippen molar-refractivity contribution in [2.24, 2.45) is 5.92 Å². The lowest BCUT2D eigenvalue weighted by atomic mass is 10.0. The first-order valence-electron chi connectivity index (χ1n) is 6.68. The zero-order valence-electron chi connectivity index (χ0n) is 10.6. The molecular formula is C14H22O3. The van der Waals surface area contributed by atoms with Crippen molar-refractivity contribution in [3.63, 3.8) is 0 Å². The highest BCUT2D eigenvalue weighted by Gasteiger charge is 2.39. The summed E-state index contributed by atoms with van der Waals surface area (Å²) in [6.07, 6.45) is 13.5. The summed E-state index contributed by atoms with van der Waals surface area (Å²) in [7, 11) is 0. The summed E-state index contributed by atoms with van der Waals surface area (Å²) in [5, 5.41) is 0. The Bertz CT molecular complexity index is 267. The van der Waals surface area contributed by atoms with Crippen molar-refractivity contribution < 1.29 is 14.3 Å². The van der Waals surface area contributed by atoms with Gasteiger partial charge in [-0.2, -0.15) is 0 Å². The second-order valence-corrected chi connectivity index (χ2v) is 4.56. The van der Waals surface area contributed by atoms with Crippen LogP contribution in [0.5, 0.6) is 0 Å². The standard InChI is InChI=1S/C14H22O3/c1-2-3-4-5-6-7-8-9-10-11-12-13(15)17-14(12)16/h10-12H,2-9H2,1H3/b11-10+. The Labute approximate surface area is 103 Å². The molecule has 3 nitrogen and oxygen atoms in total. The lowest BCUT2D eigenvalue weighted by molar-refractivity contribution is -0.180. The molecule has 0 aromatic rings. The maximum atomic E-state index is 10.8. The molecule has 1 heterocycles. The predicted molar refractivity (Wildman–Crippen MR) is 66.3 cm³/mol. The molecule has 0 atom stereocenters. The fourth-order valence-corrected chi connectivity index (χ4v) is 1.87. The van der Waals surface area contributed by atoms with Crippen LogP contribution in [0.3, 0.4) is 0 Å². The Balaban J connectivity index is 1.92. The molecule has 0 radical (unpaired) electrons. The molecule has 0 aliphatic carbocycles. The van der Waals surface area contributed by atoms with Crippen LogP contribution in [0, 0.1) is 5.92 Å². The quantitative estimate of drug-likeness (QED) is 0.268. The van der Waals surface area contributed by atoms with Gasteiger partial charge in [0.15, 0.2) is 5.92 Å². The average Bonchev–Trinajstić information content (AvgIpc) is 2.31. The summed E-state index contributed by atoms with van der Waals surface area (Å²) in [5.41, 5.74) is 0. The van der Waals surface area contributed by atoms with Gasteiger partial charge < -0.3 is 4.74 Å². The number of allylic oxidation sites excluding steroid dienone is 1. The fourth-order valence-electron chi connectivity index (χ4n) is 1.87. The van der Waals surface area contributed by atoms with Gasteiger partial charge >= 0.3 is 11.9 Å². The van der Waals surface area contributed by atoms with Gasteiger partial charge in [0.2, 0.25) is 0 Å². The van der Waals surface area contributed by atoms with Gasteiger partial charge in [0.05, 0.1) is 0 Å². The van der Waals surface area contributed by atoms with E-state index in [-0.39, 0.29) is 0 Å². The third-order valence-corrected chi connectivity index (χ3v) is 3.01. The monoisotopic (exact) mass is 238 g/mol. The molecular weight excluding hydrogens is 216 g/mol. The number of hydrogen-bond donors (Lipinski definition) is 0. The Morgan fingerprint density at radius 1 is 1.00 bits per heavy atom. The average molecular weight is 238 g/mol. The van der Waals surface area contributed by atoms with Crippen LogP contribution in [-0.2, 0) is 14.3 Å². The Morgan fingerprint density at radius 3 is 2.18 bits per heavy atom. The maximum Gasteiger partial charge on any atom is 0.331 e. The minimum atomic E-state index is -0.612. The van der Waals surface area contributed by atoms with Crippen LogP contribution in [0.4, 0.5) is 0 Å². The van der Waals surface area contributed by atoms with E-state index < -0.39 is 17.9 Å². The van der Waals surface area contributed by atoms with Crippen molar-refractivity contribution in [1.29, 1.82) is 0 Å². The topological polar surface area (TPSA) is 43.4 Å². The molecule has 1 aliphatic heterocycles. The van der Waals surface area contributed by atoms with Crippen molar-refractivity contribution in [3.05, 3.63) is 12.2 Å². The summed E-state index contributed by atoms with van der Waals surface area (Å²) in [4.78, 5) is 21.6. The summed E-state index contributed by atoms with van der Waals surface area (Å²) in [6, 6.07) is 0. The Hall–Kier alpha value is -1.12. The fraction of sp³-hybridized carbons (Fsp3) is 0.714. The van der Waals surface area contributed by atoms with Gasteiger partial charge in [0.25, 0.3) is 0 Å². The summed E-state index contributed by atoms with van der Waals surface area (Å²) >= 11 is 0. The van der Waals surface area contributed by atoms with Crippen LogP contribution in [0.15, 0.2) is 12.2 Å². The van der Waals surface area contributed by atoms with Gasteiger partial charge in [-0.05, 0) is 12.8 Å². The highest BCUT2D eigenvalue weighted by Crippen LogP contribution is 2.16. The van der Waals surface area contributed by atoms with Gasteiger partial charge in [-0.3, -0.25) is 9.59 Å². The number of unbranched alkanes of at least 4 members (excludes halogenated alkanes) is 7. The van der Waals surface area contributed by atoms with Gasteiger partial charge in [0, 0.05) is 0 Å². The number of esters is 2. The number of carbonyl (C=O) groups excluding carboxylic acids is 2. The molecule has 0 spiro atoms. The predicted octanol–water partition coefficient (Wildman–Crippen LogP) is 3.38. The SMILES string of the molecule is CCCCCCCCC/C=C/C1C(=O)OC1=O. The zero-order chi connectivity index (χ0) is 12.5. The van der Waals surface area contributed by atoms with E-state index in [2.05, 4.69) is 11.7 Å². The number of rotatable bonds is 9. The highest BCUT2D eigenvalue weighted by molar-refractivity contribution is 6.11. The van der Waals surface area contributed by atoms with Crippen molar-refractivity contribution >= 4 is 11.9 Å². The second-order valence-electron chi connectivity index (χ2n) is 4.56. The number of hydrogen-bond acceptors (Lipinski definition) is 3. The second kappa shape index (κ2) is 8.04. The van der Waals surface area contributed by atoms with Crippen molar-refractivity contribution in [3.8, 4) is 0 Å². The van der Waals surface area contributed by atoms with Crippen LogP contribution < -0.4 is 0 Å². The molecule has 0 aromatic heterocycles. The first-order chi connectivity index (χ1) is 8.25. The van der Waals surface area contributed by atoms with Gasteiger partial charge in [-0.1, -0.05) is 57.6 Å². The van der Waals surface area contributed by atoms with E-state index in [1.807, 2.05) is 6.08 Å². The molecule has 0 amide bonds. The molecule has 0 saturated carbocycles. The summed E-state index contributed by atoms with van der Waals surface area (Å²) in [6.45, 7) is 2.22. The smallest absolute Gasteiger partial charge is 0.331 e. The maximum absolute atomic E-state index is 10.8. The third-order valence-electron chi connectivity index (χ3n) is 3.01. The molecule has 3 heteroatoms. The Kier molecular flexibility index (Phi) is 6.60. The molecule has 1 saturated heterocycles. The Morgan fingerprint density at radius 2 is 1.59 bits per heavy atom. The molecule has 17 heavy (non-hydrogen) atoms. The molecule has 0 unspecified atom stereocenters. The van der Waals surface area contributed by atoms with E-state index in [1.54, 1.807) is 6.08 Å². The first-order valence-corrected chi connectivity index (χ1v) is 6.68. The minimum Gasteiger partial charge on any atom is -0.391 e. The van der Waals surface area contributed by atoms with Crippen molar-refractivity contribution in [2.45, 2.75) is 58.3 Å². The lowest BCUT2D eigenvalue weighted by Crippen LogP contribution is -2.39. The number of ether oxygens (including phenoxy) is 1. The van der Waals surface area contributed by atoms with Gasteiger partial charge in [-0.25, -0.2) is 0 Å². The first kappa shape index (κ1) is 13.9. The molecule has 1 rings (SSSR count). The lowest BCUT2D eigenvalue weighted by Gasteiger charge is -2.17. The number of carbonyl (C=O) groups is 2. The van der Waals surface area contributed by atoms with E-state index >= 15 is 0 Å². The van der Waals surface area contributed by atoms with E-state index in [0.29, 0.717) is 0 Å². The van der Waals surface area contributed by atoms with Crippen molar-refractivity contribution in [1.82, 2.24) is 0 Å². The zero-order valence-corrected chi connectivity index (χ0v) is 10.6. The number of cyclic esters (lactones) is 2. The van der Waals surface area contributed by atoms with E-state index in [9.17, 15) is 9.59 Å². The minimum absolute atomic E-state index is 0.411. The van der Waals surface area contributed by atoms with Crippen LogP contribution in [0.1, 0.15) is 58.3 Å². The highest BCUT2D eigenvalue weighted by atomic mass is 16.6. The molecule has 96 valence electrons. The largest absolute Gasteiger partial charge is 0.391 e. The van der Waals surface area contributed by atoms with Crippen LogP contribution in [0.2, 0.25) is 0 Å². The summed E-state index contributed by atoms with van der Waals surface area (Å²) < 4.78 is 4.26. The van der Waals surface area contributed by atoms with E-state index in [4.69, 9.17) is 0 Å². The van der Waals surface area contributed by atoms with E-state index in [0.717, 1.165) is 12.8 Å². The molecule has 1 aliphatic rings. The molecule has 0 N–H and O–H groups in total. The van der Waals surface area contributed by atoms with Crippen LogP contribution in [-0.4, -0.2) is 11.9 Å². The normalized spacial score (nSPS) is 16.3. The van der Waals surface area contributed by atoms with Crippen molar-refractivity contribution in [2.75, 3.05) is 0 Å². The third kappa shape index (κ3) is 5.16. The van der Waals surface area contributed by atoms with E-state index in [1.165, 1.54) is 38.5 Å². The van der Waals surface area contributed by atoms with Crippen LogP contribution >= 0.6 is 0 Å². The van der Waals surface area contributed by atoms with Gasteiger partial charge in [-0.15, -0.1) is 0 Å². The summed E-state index contributed by atoms with van der Waals surface area (Å²) in [5.74, 6) is -1.43. The molecule has 1 fully saturated rings. The van der Waals surface area contributed by atoms with Gasteiger partial charge in [0.1, 0.15) is 0 Å².